The Hall–Kier alpha value is -3.60. The fraction of sp³-hybridized carbons (Fsp3) is 0.500. The number of aliphatic imine (C=N–C) groups is 1. The highest BCUT2D eigenvalue weighted by Gasteiger charge is 2.53. The predicted octanol–water partition coefficient (Wildman–Crippen LogP) is 0.388. The largest absolute Gasteiger partial charge is 0.440 e. The van der Waals surface area contributed by atoms with Crippen LogP contribution in [0.15, 0.2) is 35.3 Å². The van der Waals surface area contributed by atoms with Gasteiger partial charge in [-0.25, -0.2) is 19.1 Å². The Morgan fingerprint density at radius 3 is 2.54 bits per heavy atom. The molecule has 35 heavy (non-hydrogen) atoms. The molecule has 3 fully saturated rings. The minimum atomic E-state index is -0.868. The third-order valence-corrected chi connectivity index (χ3v) is 7.31. The van der Waals surface area contributed by atoms with Crippen molar-refractivity contribution in [3.63, 3.8) is 0 Å². The van der Waals surface area contributed by atoms with Crippen molar-refractivity contribution >= 4 is 36.1 Å². The number of imide groups is 2. The quantitative estimate of drug-likeness (QED) is 0.564. The third kappa shape index (κ3) is 4.20. The van der Waals surface area contributed by atoms with Crippen LogP contribution in [0.1, 0.15) is 18.4 Å². The van der Waals surface area contributed by atoms with Crippen molar-refractivity contribution in [1.29, 1.82) is 0 Å². The maximum atomic E-state index is 13.1. The van der Waals surface area contributed by atoms with Gasteiger partial charge in [-0.15, -0.1) is 0 Å². The zero-order chi connectivity index (χ0) is 24.7. The van der Waals surface area contributed by atoms with E-state index < -0.39 is 35.6 Å². The SMILES string of the molecule is CN1C(=O)C2C(=NC=[N+]2CC(=O)N2CC3(CCN(CCc4ccccc4)CC3)OC2=O)N(C)C1=O. The minimum Gasteiger partial charge on any atom is -0.440 e. The van der Waals surface area contributed by atoms with E-state index in [0.717, 1.165) is 35.9 Å². The second-order valence-electron chi connectivity index (χ2n) is 9.52. The zero-order valence-electron chi connectivity index (χ0n) is 19.9. The molecule has 11 heteroatoms. The molecule has 0 aromatic heterocycles. The number of nitrogens with zero attached hydrogens (tertiary/aromatic N) is 6. The third-order valence-electron chi connectivity index (χ3n) is 7.31. The van der Waals surface area contributed by atoms with Gasteiger partial charge in [-0.05, 0) is 17.0 Å². The average Bonchev–Trinajstić information content (AvgIpc) is 3.42. The van der Waals surface area contributed by atoms with E-state index in [9.17, 15) is 19.2 Å². The van der Waals surface area contributed by atoms with Crippen LogP contribution in [-0.4, -0.2) is 119 Å². The maximum absolute atomic E-state index is 13.1. The first-order valence-corrected chi connectivity index (χ1v) is 11.8. The van der Waals surface area contributed by atoms with Crippen LogP contribution in [0.2, 0.25) is 0 Å². The van der Waals surface area contributed by atoms with Gasteiger partial charge in [0.1, 0.15) is 5.60 Å². The van der Waals surface area contributed by atoms with Crippen molar-refractivity contribution < 1.29 is 28.5 Å². The van der Waals surface area contributed by atoms with E-state index in [0.29, 0.717) is 12.8 Å². The van der Waals surface area contributed by atoms with Gasteiger partial charge >= 0.3 is 12.1 Å². The standard InChI is InChI=1S/C24H29N6O5/c1-26-20-19(21(32)27(2)22(26)33)29(16-25-20)14-18(31)30-15-24(35-23(30)34)9-12-28(13-10-24)11-8-17-6-4-3-5-7-17/h3-7,16,19H,8-15H2,1-2H3/q+1. The van der Waals surface area contributed by atoms with Gasteiger partial charge in [0.25, 0.3) is 30.0 Å². The summed E-state index contributed by atoms with van der Waals surface area (Å²) in [5.74, 6) is -0.646. The molecule has 4 heterocycles. The molecule has 1 spiro atoms. The molecule has 184 valence electrons. The first-order chi connectivity index (χ1) is 16.8. The first-order valence-electron chi connectivity index (χ1n) is 11.8. The van der Waals surface area contributed by atoms with E-state index in [2.05, 4.69) is 22.0 Å². The smallest absolute Gasteiger partial charge is 0.417 e. The summed E-state index contributed by atoms with van der Waals surface area (Å²) >= 11 is 0. The minimum absolute atomic E-state index is 0.204. The number of piperidine rings is 1. The molecule has 1 aromatic rings. The number of fused-ring (bicyclic) bond motifs is 1. The number of ether oxygens (including phenoxy) is 1. The van der Waals surface area contributed by atoms with Crippen LogP contribution in [0.5, 0.6) is 0 Å². The highest BCUT2D eigenvalue weighted by molar-refractivity contribution is 6.21. The summed E-state index contributed by atoms with van der Waals surface area (Å²) in [6, 6.07) is 8.98. The first kappa shape index (κ1) is 23.2. The number of hydrogen-bond acceptors (Lipinski definition) is 7. The molecule has 3 saturated heterocycles. The molecule has 0 bridgehead atoms. The lowest BCUT2D eigenvalue weighted by Crippen LogP contribution is -2.62. The number of hydrogen-bond donors (Lipinski definition) is 0. The van der Waals surface area contributed by atoms with E-state index in [1.165, 1.54) is 35.5 Å². The summed E-state index contributed by atoms with van der Waals surface area (Å²) in [5, 5.41) is 0. The normalized spacial score (nSPS) is 24.0. The molecule has 0 aliphatic carbocycles. The number of benzene rings is 1. The lowest BCUT2D eigenvalue weighted by molar-refractivity contribution is -0.520. The van der Waals surface area contributed by atoms with Crippen LogP contribution in [-0.2, 0) is 20.7 Å². The average molecular weight is 482 g/mol. The Morgan fingerprint density at radius 1 is 1.11 bits per heavy atom. The maximum Gasteiger partial charge on any atom is 0.417 e. The Bertz CT molecular complexity index is 1120. The number of rotatable bonds is 5. The molecular formula is C24H29N6O5+. The van der Waals surface area contributed by atoms with Gasteiger partial charge in [0.2, 0.25) is 0 Å². The van der Waals surface area contributed by atoms with Gasteiger partial charge in [0.05, 0.1) is 6.54 Å². The van der Waals surface area contributed by atoms with E-state index >= 15 is 0 Å². The fourth-order valence-electron chi connectivity index (χ4n) is 5.11. The van der Waals surface area contributed by atoms with E-state index in [1.54, 1.807) is 0 Å². The number of likely N-dealkylation sites (N-methyl/N-ethyl adjacent to an activating group) is 2. The number of amidine groups is 1. The molecular weight excluding hydrogens is 452 g/mol. The lowest BCUT2D eigenvalue weighted by Gasteiger charge is -2.37. The van der Waals surface area contributed by atoms with Crippen molar-refractivity contribution in [2.45, 2.75) is 30.9 Å². The van der Waals surface area contributed by atoms with Crippen LogP contribution in [0.4, 0.5) is 9.59 Å². The van der Waals surface area contributed by atoms with Crippen molar-refractivity contribution in [3.05, 3.63) is 35.9 Å². The van der Waals surface area contributed by atoms with Gasteiger partial charge in [-0.1, -0.05) is 30.3 Å². The molecule has 0 radical (unpaired) electrons. The summed E-state index contributed by atoms with van der Waals surface area (Å²) in [7, 11) is 2.92. The van der Waals surface area contributed by atoms with Gasteiger partial charge in [-0.2, -0.15) is 0 Å². The van der Waals surface area contributed by atoms with Gasteiger partial charge in [0, 0.05) is 46.6 Å². The number of carbonyl (C=O) groups is 4. The van der Waals surface area contributed by atoms with Crippen LogP contribution in [0.3, 0.4) is 0 Å². The van der Waals surface area contributed by atoms with Crippen molar-refractivity contribution in [2.24, 2.45) is 4.99 Å². The molecule has 4 aliphatic heterocycles. The van der Waals surface area contributed by atoms with E-state index in [4.69, 9.17) is 4.74 Å². The molecule has 1 atom stereocenters. The molecule has 1 aromatic carbocycles. The second-order valence-corrected chi connectivity index (χ2v) is 9.52. The summed E-state index contributed by atoms with van der Waals surface area (Å²) in [6.45, 7) is 2.51. The Labute approximate surface area is 203 Å². The molecule has 11 nitrogen and oxygen atoms in total. The highest BCUT2D eigenvalue weighted by Crippen LogP contribution is 2.33. The monoisotopic (exact) mass is 481 g/mol. The Morgan fingerprint density at radius 2 is 1.83 bits per heavy atom. The molecule has 0 N–H and O–H groups in total. The zero-order valence-corrected chi connectivity index (χ0v) is 19.9. The van der Waals surface area contributed by atoms with Gasteiger partial charge in [-0.3, -0.25) is 19.4 Å². The molecule has 0 saturated carbocycles. The highest BCUT2D eigenvalue weighted by atomic mass is 16.6. The van der Waals surface area contributed by atoms with Gasteiger partial charge in [0.15, 0.2) is 6.54 Å². The van der Waals surface area contributed by atoms with Crippen molar-refractivity contribution in [1.82, 2.24) is 19.6 Å². The summed E-state index contributed by atoms with van der Waals surface area (Å²) in [5.41, 5.74) is 0.626. The van der Waals surface area contributed by atoms with E-state index in [1.807, 2.05) is 18.2 Å². The molecule has 4 aliphatic rings. The summed E-state index contributed by atoms with van der Waals surface area (Å²) in [6.07, 6.45) is 3.02. The number of likely N-dealkylation sites (tertiary alicyclic amines) is 1. The van der Waals surface area contributed by atoms with Crippen LogP contribution < -0.4 is 0 Å². The number of urea groups is 1. The predicted molar refractivity (Wildman–Crippen MR) is 125 cm³/mol. The van der Waals surface area contributed by atoms with Crippen LogP contribution >= 0.6 is 0 Å². The Balaban J connectivity index is 1.17. The van der Waals surface area contributed by atoms with Gasteiger partial charge < -0.3 is 9.64 Å². The second kappa shape index (κ2) is 8.88. The van der Waals surface area contributed by atoms with Crippen molar-refractivity contribution in [3.8, 4) is 0 Å². The summed E-state index contributed by atoms with van der Waals surface area (Å²) < 4.78 is 7.19. The van der Waals surface area contributed by atoms with Crippen LogP contribution in [0.25, 0.3) is 0 Å². The molecule has 5 rings (SSSR count). The topological polar surface area (TPSA) is 106 Å². The number of carbonyl (C=O) groups excluding carboxylic acids is 4. The van der Waals surface area contributed by atoms with Crippen LogP contribution in [0, 0.1) is 0 Å². The fourth-order valence-corrected chi connectivity index (χ4v) is 5.11. The summed E-state index contributed by atoms with van der Waals surface area (Å²) in [4.78, 5) is 60.5. The number of amides is 5. The van der Waals surface area contributed by atoms with Crippen molar-refractivity contribution in [2.75, 3.05) is 46.8 Å². The van der Waals surface area contributed by atoms with E-state index in [-0.39, 0.29) is 18.9 Å². The molecule has 5 amide bonds. The molecule has 1 unspecified atom stereocenters. The lowest BCUT2D eigenvalue weighted by atomic mass is 9.91. The Kier molecular flexibility index (Phi) is 5.87.